The van der Waals surface area contributed by atoms with Gasteiger partial charge in [-0.3, -0.25) is 24.3 Å². The van der Waals surface area contributed by atoms with Gasteiger partial charge in [0.1, 0.15) is 11.7 Å². The van der Waals surface area contributed by atoms with E-state index < -0.39 is 28.1 Å². The number of non-ortho nitro benzene ring substituents is 1. The van der Waals surface area contributed by atoms with Crippen LogP contribution in [0.1, 0.15) is 21.5 Å². The number of nitro benzene ring substituents is 1. The average Bonchev–Trinajstić information content (AvgIpc) is 3.24. The summed E-state index contributed by atoms with van der Waals surface area (Å²) in [7, 11) is 0. The molecule has 180 valence electrons. The second kappa shape index (κ2) is 9.37. The highest BCUT2D eigenvalue weighted by Crippen LogP contribution is 2.29. The molecule has 0 radical (unpaired) electrons. The number of nitrogens with zero attached hydrogens (tertiary/aromatic N) is 5. The van der Waals surface area contributed by atoms with E-state index in [1.165, 1.54) is 46.0 Å². The number of alkyl halides is 3. The van der Waals surface area contributed by atoms with E-state index >= 15 is 0 Å². The maximum atomic E-state index is 12.8. The van der Waals surface area contributed by atoms with Crippen molar-refractivity contribution in [2.75, 3.05) is 6.54 Å². The SMILES string of the molecule is O=C(NCCn1ncc2c(=O)n(Cc3cccc([N+](=O)[O-])c3)cnc21)c1cccc(C(F)(F)F)c1. The molecule has 1 N–H and O–H groups in total. The van der Waals surface area contributed by atoms with Crippen molar-refractivity contribution >= 4 is 22.6 Å². The number of nitrogens with one attached hydrogen (secondary N) is 1. The van der Waals surface area contributed by atoms with Crippen molar-refractivity contribution < 1.29 is 22.9 Å². The molecule has 1 amide bonds. The molecule has 0 atom stereocenters. The van der Waals surface area contributed by atoms with Crippen LogP contribution in [0.2, 0.25) is 0 Å². The number of amides is 1. The third-order valence-electron chi connectivity index (χ3n) is 5.16. The topological polar surface area (TPSA) is 125 Å². The zero-order chi connectivity index (χ0) is 25.2. The van der Waals surface area contributed by atoms with Gasteiger partial charge in [-0.15, -0.1) is 0 Å². The van der Waals surface area contributed by atoms with Crippen LogP contribution in [-0.2, 0) is 19.3 Å². The Hall–Kier alpha value is -4.55. The van der Waals surface area contributed by atoms with Crippen LogP contribution in [0.3, 0.4) is 0 Å². The standard InChI is InChI=1S/C22H17F3N6O4/c23-22(24,25)16-5-2-4-15(10-16)20(32)26-7-8-30-19-18(11-28-30)21(33)29(13-27-19)12-14-3-1-6-17(9-14)31(34)35/h1-6,9-11,13H,7-8,12H2,(H,26,32). The molecule has 0 unspecified atom stereocenters. The molecule has 13 heteroatoms. The molecule has 2 aromatic heterocycles. The van der Waals surface area contributed by atoms with Gasteiger partial charge in [-0.05, 0) is 23.8 Å². The molecule has 0 aliphatic heterocycles. The first-order valence-corrected chi connectivity index (χ1v) is 10.2. The van der Waals surface area contributed by atoms with Crippen molar-refractivity contribution in [3.63, 3.8) is 0 Å². The molecule has 0 saturated heterocycles. The van der Waals surface area contributed by atoms with Crippen LogP contribution >= 0.6 is 0 Å². The Balaban J connectivity index is 1.45. The van der Waals surface area contributed by atoms with Crippen molar-refractivity contribution in [2.45, 2.75) is 19.3 Å². The summed E-state index contributed by atoms with van der Waals surface area (Å²) in [5.41, 5.74) is -0.739. The lowest BCUT2D eigenvalue weighted by atomic mass is 10.1. The molecule has 2 heterocycles. The number of aromatic nitrogens is 4. The van der Waals surface area contributed by atoms with E-state index in [1.54, 1.807) is 6.07 Å². The molecule has 0 fully saturated rings. The average molecular weight is 486 g/mol. The third-order valence-corrected chi connectivity index (χ3v) is 5.16. The van der Waals surface area contributed by atoms with Gasteiger partial charge in [0.25, 0.3) is 17.2 Å². The smallest absolute Gasteiger partial charge is 0.350 e. The van der Waals surface area contributed by atoms with Gasteiger partial charge in [0, 0.05) is 24.2 Å². The number of fused-ring (bicyclic) bond motifs is 1. The molecule has 0 aliphatic carbocycles. The second-order valence-electron chi connectivity index (χ2n) is 7.54. The number of benzene rings is 2. The number of carbonyl (C=O) groups is 1. The maximum Gasteiger partial charge on any atom is 0.416 e. The van der Waals surface area contributed by atoms with E-state index in [9.17, 15) is 32.9 Å². The molecule has 35 heavy (non-hydrogen) atoms. The summed E-state index contributed by atoms with van der Waals surface area (Å²) in [5, 5.41) is 17.8. The van der Waals surface area contributed by atoms with Crippen LogP contribution in [-0.4, -0.2) is 36.7 Å². The van der Waals surface area contributed by atoms with Crippen molar-refractivity contribution in [1.29, 1.82) is 0 Å². The van der Waals surface area contributed by atoms with Crippen LogP contribution < -0.4 is 10.9 Å². The van der Waals surface area contributed by atoms with Gasteiger partial charge in [0.05, 0.1) is 29.8 Å². The fourth-order valence-corrected chi connectivity index (χ4v) is 3.45. The number of halogens is 3. The number of nitro groups is 1. The predicted octanol–water partition coefficient (Wildman–Crippen LogP) is 3.00. The van der Waals surface area contributed by atoms with Gasteiger partial charge in [-0.1, -0.05) is 18.2 Å². The first-order chi connectivity index (χ1) is 16.6. The van der Waals surface area contributed by atoms with Crippen molar-refractivity contribution in [2.24, 2.45) is 0 Å². The first-order valence-electron chi connectivity index (χ1n) is 10.2. The van der Waals surface area contributed by atoms with E-state index in [1.807, 2.05) is 0 Å². The van der Waals surface area contributed by atoms with Crippen molar-refractivity contribution in [3.05, 3.63) is 98.2 Å². The summed E-state index contributed by atoms with van der Waals surface area (Å²) in [6, 6.07) is 9.97. The van der Waals surface area contributed by atoms with E-state index in [0.717, 1.165) is 18.2 Å². The molecule has 0 spiro atoms. The minimum Gasteiger partial charge on any atom is -0.350 e. The van der Waals surface area contributed by atoms with Crippen LogP contribution in [0.5, 0.6) is 0 Å². The van der Waals surface area contributed by atoms with Crippen molar-refractivity contribution in [1.82, 2.24) is 24.6 Å². The zero-order valence-electron chi connectivity index (χ0n) is 17.9. The lowest BCUT2D eigenvalue weighted by Gasteiger charge is -2.10. The number of rotatable bonds is 7. The quantitative estimate of drug-likeness (QED) is 0.316. The Kier molecular flexibility index (Phi) is 6.32. The fourth-order valence-electron chi connectivity index (χ4n) is 3.45. The highest BCUT2D eigenvalue weighted by molar-refractivity contribution is 5.94. The predicted molar refractivity (Wildman–Crippen MR) is 118 cm³/mol. The normalized spacial score (nSPS) is 11.5. The van der Waals surface area contributed by atoms with Crippen LogP contribution in [0, 0.1) is 10.1 Å². The van der Waals surface area contributed by atoms with Gasteiger partial charge < -0.3 is 5.32 Å². The molecule has 2 aromatic carbocycles. The van der Waals surface area contributed by atoms with Gasteiger partial charge in [0.2, 0.25) is 0 Å². The zero-order valence-corrected chi connectivity index (χ0v) is 17.9. The Morgan fingerprint density at radius 3 is 2.66 bits per heavy atom. The van der Waals surface area contributed by atoms with E-state index in [0.29, 0.717) is 5.56 Å². The van der Waals surface area contributed by atoms with Gasteiger partial charge in [-0.25, -0.2) is 9.67 Å². The summed E-state index contributed by atoms with van der Waals surface area (Å²) in [5.74, 6) is -0.681. The molecular formula is C22H17F3N6O4. The lowest BCUT2D eigenvalue weighted by Crippen LogP contribution is -2.28. The summed E-state index contributed by atoms with van der Waals surface area (Å²) in [4.78, 5) is 39.7. The first kappa shape index (κ1) is 23.6. The summed E-state index contributed by atoms with van der Waals surface area (Å²) in [6.07, 6.45) is -1.94. The van der Waals surface area contributed by atoms with Gasteiger partial charge in [-0.2, -0.15) is 18.3 Å². The van der Waals surface area contributed by atoms with E-state index in [4.69, 9.17) is 0 Å². The fraction of sp³-hybridized carbons (Fsp3) is 0.182. The molecule has 0 aliphatic rings. The lowest BCUT2D eigenvalue weighted by molar-refractivity contribution is -0.384. The molecule has 10 nitrogen and oxygen atoms in total. The minimum absolute atomic E-state index is 0.0320. The molecule has 4 aromatic rings. The number of hydrogen-bond acceptors (Lipinski definition) is 6. The van der Waals surface area contributed by atoms with Crippen LogP contribution in [0.4, 0.5) is 18.9 Å². The van der Waals surface area contributed by atoms with E-state index in [-0.39, 0.29) is 41.9 Å². The number of hydrogen-bond donors (Lipinski definition) is 1. The third kappa shape index (κ3) is 5.18. The Morgan fingerprint density at radius 2 is 1.91 bits per heavy atom. The van der Waals surface area contributed by atoms with Gasteiger partial charge in [0.15, 0.2) is 5.65 Å². The largest absolute Gasteiger partial charge is 0.416 e. The Bertz CT molecular complexity index is 1480. The van der Waals surface area contributed by atoms with E-state index in [2.05, 4.69) is 15.4 Å². The second-order valence-corrected chi connectivity index (χ2v) is 7.54. The summed E-state index contributed by atoms with van der Waals surface area (Å²) >= 11 is 0. The molecule has 4 rings (SSSR count). The van der Waals surface area contributed by atoms with Crippen LogP contribution in [0.25, 0.3) is 11.0 Å². The minimum atomic E-state index is -4.56. The van der Waals surface area contributed by atoms with Crippen molar-refractivity contribution in [3.8, 4) is 0 Å². The number of carbonyl (C=O) groups excluding carboxylic acids is 1. The Labute approximate surface area is 194 Å². The summed E-state index contributed by atoms with van der Waals surface area (Å²) in [6.45, 7) is 0.224. The molecular weight excluding hydrogens is 469 g/mol. The van der Waals surface area contributed by atoms with Gasteiger partial charge >= 0.3 is 6.18 Å². The molecule has 0 bridgehead atoms. The molecule has 0 saturated carbocycles. The summed E-state index contributed by atoms with van der Waals surface area (Å²) < 4.78 is 41.2. The highest BCUT2D eigenvalue weighted by Gasteiger charge is 2.30. The Morgan fingerprint density at radius 1 is 1.14 bits per heavy atom. The maximum absolute atomic E-state index is 12.8. The highest BCUT2D eigenvalue weighted by atomic mass is 19.4. The monoisotopic (exact) mass is 486 g/mol. The van der Waals surface area contributed by atoms with Crippen LogP contribution in [0.15, 0.2) is 65.8 Å².